The minimum Gasteiger partial charge on any atom is -0.309 e. The summed E-state index contributed by atoms with van der Waals surface area (Å²) in [6.45, 7) is 0. The van der Waals surface area contributed by atoms with Crippen molar-refractivity contribution in [3.8, 4) is 28.1 Å². The largest absolute Gasteiger partial charge is 0.309 e. The van der Waals surface area contributed by atoms with Gasteiger partial charge in [-0.15, -0.1) is 11.3 Å². The molecule has 0 amide bonds. The van der Waals surface area contributed by atoms with Crippen LogP contribution in [0.15, 0.2) is 212 Å². The molecule has 4 heteroatoms. The molecule has 0 saturated carbocycles. The third kappa shape index (κ3) is 5.38. The predicted octanol–water partition coefficient (Wildman–Crippen LogP) is 15.7. The number of benzene rings is 9. The maximum atomic E-state index is 5.40. The Hall–Kier alpha value is -7.53. The lowest BCUT2D eigenvalue weighted by Crippen LogP contribution is -2.10. The number of para-hydroxylation sites is 3. The van der Waals surface area contributed by atoms with Crippen LogP contribution in [0, 0.1) is 0 Å². The van der Waals surface area contributed by atoms with Crippen LogP contribution >= 0.6 is 11.3 Å². The van der Waals surface area contributed by atoms with Gasteiger partial charge in [0, 0.05) is 65.0 Å². The second kappa shape index (κ2) is 13.6. The van der Waals surface area contributed by atoms with E-state index in [1.807, 2.05) is 11.3 Å². The maximum Gasteiger partial charge on any atom is 0.0788 e. The standard InChI is InChI=1S/C55H35N3S/c1-3-14-36(15-4-1)37-26-30-40(31-27-37)57(50-24-13-21-43-42-18-9-12-25-51(42)59-55(43)50)41-32-28-38(29-33-41)54-46-34-35-49-53(52(46)44-19-7-10-22-47(44)56-54)45-20-8-11-23-48(45)58(49)39-16-5-2-6-17-39/h1-35H. The summed E-state index contributed by atoms with van der Waals surface area (Å²) in [5.74, 6) is 0. The summed E-state index contributed by atoms with van der Waals surface area (Å²) in [5.41, 5.74) is 12.3. The molecular weight excluding hydrogens is 735 g/mol. The molecule has 0 bridgehead atoms. The summed E-state index contributed by atoms with van der Waals surface area (Å²) in [6.07, 6.45) is 0. The van der Waals surface area contributed by atoms with Crippen molar-refractivity contribution in [2.45, 2.75) is 0 Å². The van der Waals surface area contributed by atoms with Gasteiger partial charge in [0.25, 0.3) is 0 Å². The van der Waals surface area contributed by atoms with Crippen molar-refractivity contribution >= 4 is 92.1 Å². The minimum absolute atomic E-state index is 0.981. The SMILES string of the molecule is c1ccc(-c2ccc(N(c3ccc(-c4nc5ccccc5c5c4ccc4c5c5ccccc5n4-c4ccccc4)cc3)c3cccc4c3sc3ccccc34)cc2)cc1. The van der Waals surface area contributed by atoms with E-state index in [0.717, 1.165) is 50.3 Å². The zero-order chi connectivity index (χ0) is 38.9. The van der Waals surface area contributed by atoms with Crippen LogP contribution < -0.4 is 4.90 Å². The molecule has 0 radical (unpaired) electrons. The Bertz CT molecular complexity index is 3530. The van der Waals surface area contributed by atoms with E-state index in [2.05, 4.69) is 222 Å². The Kier molecular flexibility index (Phi) is 7.72. The lowest BCUT2D eigenvalue weighted by Gasteiger charge is -2.26. The Morgan fingerprint density at radius 1 is 0.390 bits per heavy atom. The van der Waals surface area contributed by atoms with Gasteiger partial charge in [0.2, 0.25) is 0 Å². The van der Waals surface area contributed by atoms with Crippen molar-refractivity contribution in [1.82, 2.24) is 9.55 Å². The third-order valence-corrected chi connectivity index (χ3v) is 13.0. The van der Waals surface area contributed by atoms with Crippen LogP contribution in [0.1, 0.15) is 0 Å². The highest BCUT2D eigenvalue weighted by molar-refractivity contribution is 7.26. The molecule has 3 heterocycles. The van der Waals surface area contributed by atoms with Gasteiger partial charge in [0.05, 0.1) is 32.6 Å². The zero-order valence-corrected chi connectivity index (χ0v) is 32.8. The van der Waals surface area contributed by atoms with Crippen molar-refractivity contribution in [3.05, 3.63) is 212 Å². The average Bonchev–Trinajstić information content (AvgIpc) is 3.86. The van der Waals surface area contributed by atoms with Crippen LogP contribution in [-0.4, -0.2) is 9.55 Å². The number of nitrogens with zero attached hydrogens (tertiary/aromatic N) is 3. The predicted molar refractivity (Wildman–Crippen MR) is 252 cm³/mol. The Labute approximate surface area is 345 Å². The van der Waals surface area contributed by atoms with Crippen LogP contribution in [0.4, 0.5) is 17.1 Å². The third-order valence-electron chi connectivity index (χ3n) is 11.8. The fourth-order valence-corrected chi connectivity index (χ4v) is 10.3. The van der Waals surface area contributed by atoms with Crippen LogP contribution in [0.25, 0.3) is 91.7 Å². The molecule has 12 rings (SSSR count). The maximum absolute atomic E-state index is 5.40. The van der Waals surface area contributed by atoms with Gasteiger partial charge in [0.1, 0.15) is 0 Å². The minimum atomic E-state index is 0.981. The van der Waals surface area contributed by atoms with E-state index in [1.165, 1.54) is 58.5 Å². The van der Waals surface area contributed by atoms with Crippen LogP contribution in [0.2, 0.25) is 0 Å². The molecule has 0 N–H and O–H groups in total. The summed E-state index contributed by atoms with van der Waals surface area (Å²) in [6, 6.07) is 76.6. The summed E-state index contributed by atoms with van der Waals surface area (Å²) in [4.78, 5) is 7.81. The number of aromatic nitrogens is 2. The van der Waals surface area contributed by atoms with E-state index < -0.39 is 0 Å². The van der Waals surface area contributed by atoms with Crippen molar-refractivity contribution in [2.24, 2.45) is 0 Å². The van der Waals surface area contributed by atoms with E-state index in [0.29, 0.717) is 0 Å². The number of fused-ring (bicyclic) bond motifs is 10. The van der Waals surface area contributed by atoms with E-state index in [-0.39, 0.29) is 0 Å². The topological polar surface area (TPSA) is 21.1 Å². The Morgan fingerprint density at radius 3 is 1.78 bits per heavy atom. The summed E-state index contributed by atoms with van der Waals surface area (Å²) < 4.78 is 4.96. The number of rotatable bonds is 6. The average molecular weight is 770 g/mol. The van der Waals surface area contributed by atoms with Crippen molar-refractivity contribution in [1.29, 1.82) is 0 Å². The molecule has 0 fully saturated rings. The summed E-state index contributed by atoms with van der Waals surface area (Å²) >= 11 is 1.86. The molecule has 0 aliphatic heterocycles. The molecule has 0 saturated heterocycles. The molecule has 3 nitrogen and oxygen atoms in total. The summed E-state index contributed by atoms with van der Waals surface area (Å²) in [7, 11) is 0. The van der Waals surface area contributed by atoms with Crippen LogP contribution in [0.5, 0.6) is 0 Å². The second-order valence-corrected chi connectivity index (χ2v) is 16.1. The van der Waals surface area contributed by atoms with Crippen molar-refractivity contribution in [3.63, 3.8) is 0 Å². The Morgan fingerprint density at radius 2 is 1.00 bits per heavy atom. The van der Waals surface area contributed by atoms with Gasteiger partial charge >= 0.3 is 0 Å². The summed E-state index contributed by atoms with van der Waals surface area (Å²) in [5, 5.41) is 8.58. The highest BCUT2D eigenvalue weighted by atomic mass is 32.1. The van der Waals surface area contributed by atoms with Gasteiger partial charge in [-0.3, -0.25) is 0 Å². The first-order chi connectivity index (χ1) is 29.3. The van der Waals surface area contributed by atoms with E-state index in [9.17, 15) is 0 Å². The quantitative estimate of drug-likeness (QED) is 0.157. The molecule has 59 heavy (non-hydrogen) atoms. The molecular formula is C55H35N3S. The lowest BCUT2D eigenvalue weighted by molar-refractivity contribution is 1.18. The number of thiophene rings is 1. The van der Waals surface area contributed by atoms with E-state index >= 15 is 0 Å². The molecule has 9 aromatic carbocycles. The first-order valence-electron chi connectivity index (χ1n) is 20.0. The van der Waals surface area contributed by atoms with Gasteiger partial charge in [-0.05, 0) is 77.9 Å². The molecule has 12 aromatic rings. The molecule has 0 spiro atoms. The van der Waals surface area contributed by atoms with Crippen LogP contribution in [0.3, 0.4) is 0 Å². The van der Waals surface area contributed by atoms with E-state index in [1.54, 1.807) is 0 Å². The zero-order valence-electron chi connectivity index (χ0n) is 32.0. The normalized spacial score (nSPS) is 11.7. The first-order valence-corrected chi connectivity index (χ1v) is 20.9. The van der Waals surface area contributed by atoms with Crippen molar-refractivity contribution < 1.29 is 0 Å². The molecule has 0 atom stereocenters. The number of hydrogen-bond acceptors (Lipinski definition) is 3. The number of hydrogen-bond donors (Lipinski definition) is 0. The highest BCUT2D eigenvalue weighted by Gasteiger charge is 2.21. The Balaban J connectivity index is 1.05. The van der Waals surface area contributed by atoms with Crippen LogP contribution in [-0.2, 0) is 0 Å². The molecule has 276 valence electrons. The van der Waals surface area contributed by atoms with E-state index in [4.69, 9.17) is 4.98 Å². The molecule has 0 aliphatic carbocycles. The fourth-order valence-electron chi connectivity index (χ4n) is 9.11. The highest BCUT2D eigenvalue weighted by Crippen LogP contribution is 2.46. The fraction of sp³-hybridized carbons (Fsp3) is 0. The van der Waals surface area contributed by atoms with Crippen molar-refractivity contribution in [2.75, 3.05) is 4.90 Å². The monoisotopic (exact) mass is 769 g/mol. The number of pyridine rings is 1. The number of anilines is 3. The molecule has 3 aromatic heterocycles. The van der Waals surface area contributed by atoms with Gasteiger partial charge < -0.3 is 9.47 Å². The first kappa shape index (κ1) is 33.6. The lowest BCUT2D eigenvalue weighted by atomic mass is 9.96. The molecule has 0 aliphatic rings. The second-order valence-electron chi connectivity index (χ2n) is 15.1. The van der Waals surface area contributed by atoms with Gasteiger partial charge in [-0.2, -0.15) is 0 Å². The molecule has 0 unspecified atom stereocenters. The van der Waals surface area contributed by atoms with Gasteiger partial charge in [-0.1, -0.05) is 146 Å². The smallest absolute Gasteiger partial charge is 0.0788 e. The van der Waals surface area contributed by atoms with Gasteiger partial charge in [0.15, 0.2) is 0 Å². The van der Waals surface area contributed by atoms with Gasteiger partial charge in [-0.25, -0.2) is 4.98 Å².